The molecule has 0 N–H and O–H groups in total. The Morgan fingerprint density at radius 2 is 2.50 bits per heavy atom. The summed E-state index contributed by atoms with van der Waals surface area (Å²) in [5.74, 6) is 0.964. The number of ether oxygens (including phenoxy) is 1. The molecule has 0 saturated heterocycles. The Hall–Kier alpha value is -0.120. The van der Waals surface area contributed by atoms with Crippen LogP contribution >= 0.6 is 22.6 Å². The van der Waals surface area contributed by atoms with Gasteiger partial charge in [0.05, 0.1) is 7.11 Å². The minimum Gasteiger partial charge on any atom is -0.522 e. The molecule has 0 heterocycles. The highest BCUT2D eigenvalue weighted by molar-refractivity contribution is 14.1. The second-order valence-electron chi connectivity index (χ2n) is 1.44. The number of hydrogen-bond acceptors (Lipinski definition) is 1. The van der Waals surface area contributed by atoms with Gasteiger partial charge in [-0.2, -0.15) is 12.1 Å². The van der Waals surface area contributed by atoms with E-state index in [-0.39, 0.29) is 0 Å². The van der Waals surface area contributed by atoms with E-state index in [0.29, 0.717) is 0 Å². The first-order chi connectivity index (χ1) is 3.84. The molecule has 0 radical (unpaired) electrons. The summed E-state index contributed by atoms with van der Waals surface area (Å²) in [6.07, 6.45) is 0. The van der Waals surface area contributed by atoms with E-state index in [1.54, 1.807) is 7.11 Å². The van der Waals surface area contributed by atoms with Crippen molar-refractivity contribution in [2.24, 2.45) is 0 Å². The maximum Gasteiger partial charge on any atom is 0.0743 e. The lowest BCUT2D eigenvalue weighted by Gasteiger charge is -2.00. The standard InChI is InChI=1S/C6H6IO/c1-8-6-4-2-3-5(6)7/h2-4H,1H3/q-1. The first kappa shape index (κ1) is 6.01. The lowest BCUT2D eigenvalue weighted by molar-refractivity contribution is 0.413. The van der Waals surface area contributed by atoms with Crippen LogP contribution in [-0.4, -0.2) is 7.11 Å². The van der Waals surface area contributed by atoms with Crippen molar-refractivity contribution < 1.29 is 4.74 Å². The van der Waals surface area contributed by atoms with Crippen molar-refractivity contribution in [3.8, 4) is 5.75 Å². The number of hydrogen-bond donors (Lipinski definition) is 0. The van der Waals surface area contributed by atoms with Crippen LogP contribution in [0, 0.1) is 3.57 Å². The molecular formula is C6H6IO-. The van der Waals surface area contributed by atoms with Crippen molar-refractivity contribution in [2.75, 3.05) is 7.11 Å². The first-order valence-corrected chi connectivity index (χ1v) is 3.37. The molecule has 0 atom stereocenters. The third-order valence-corrected chi connectivity index (χ3v) is 1.84. The summed E-state index contributed by atoms with van der Waals surface area (Å²) >= 11 is 2.23. The fraction of sp³-hybridized carbons (Fsp3) is 0.167. The van der Waals surface area contributed by atoms with Crippen LogP contribution in [0.4, 0.5) is 0 Å². The monoisotopic (exact) mass is 221 g/mol. The molecule has 0 unspecified atom stereocenters. The molecule has 1 nitrogen and oxygen atoms in total. The maximum absolute atomic E-state index is 4.98. The van der Waals surface area contributed by atoms with Gasteiger partial charge >= 0.3 is 0 Å². The van der Waals surface area contributed by atoms with Crippen LogP contribution in [0.2, 0.25) is 0 Å². The second kappa shape index (κ2) is 2.44. The van der Waals surface area contributed by atoms with E-state index in [2.05, 4.69) is 22.6 Å². The Bertz CT molecular complexity index is 169. The summed E-state index contributed by atoms with van der Waals surface area (Å²) in [5, 5.41) is 0. The van der Waals surface area contributed by atoms with Crippen molar-refractivity contribution in [3.05, 3.63) is 21.8 Å². The average Bonchev–Trinajstić information content (AvgIpc) is 2.14. The summed E-state index contributed by atoms with van der Waals surface area (Å²) < 4.78 is 6.15. The molecule has 44 valence electrons. The van der Waals surface area contributed by atoms with Gasteiger partial charge in [0.1, 0.15) is 0 Å². The predicted molar refractivity (Wildman–Crippen MR) is 41.3 cm³/mol. The zero-order valence-corrected chi connectivity index (χ0v) is 6.68. The Balaban J connectivity index is 2.92. The van der Waals surface area contributed by atoms with E-state index >= 15 is 0 Å². The Morgan fingerprint density at radius 3 is 2.75 bits per heavy atom. The fourth-order valence-corrected chi connectivity index (χ4v) is 1.15. The van der Waals surface area contributed by atoms with Gasteiger partial charge in [-0.3, -0.25) is 0 Å². The van der Waals surface area contributed by atoms with Crippen LogP contribution in [0.15, 0.2) is 18.2 Å². The molecule has 0 aliphatic heterocycles. The lowest BCUT2D eigenvalue weighted by Crippen LogP contribution is -1.79. The molecule has 2 heteroatoms. The minimum atomic E-state index is 0.964. The summed E-state index contributed by atoms with van der Waals surface area (Å²) in [7, 11) is 1.68. The molecule has 0 bridgehead atoms. The van der Waals surface area contributed by atoms with Crippen LogP contribution in [0.25, 0.3) is 0 Å². The molecule has 0 saturated carbocycles. The van der Waals surface area contributed by atoms with Crippen LogP contribution in [0.1, 0.15) is 0 Å². The highest BCUT2D eigenvalue weighted by Gasteiger charge is 1.83. The van der Waals surface area contributed by atoms with Gasteiger partial charge in [-0.15, -0.1) is 22.6 Å². The Kier molecular flexibility index (Phi) is 1.83. The molecule has 0 fully saturated rings. The molecular weight excluding hydrogens is 215 g/mol. The summed E-state index contributed by atoms with van der Waals surface area (Å²) in [4.78, 5) is 0. The number of methoxy groups -OCH3 is 1. The summed E-state index contributed by atoms with van der Waals surface area (Å²) in [6.45, 7) is 0. The smallest absolute Gasteiger partial charge is 0.0743 e. The Labute approximate surface area is 62.2 Å². The van der Waals surface area contributed by atoms with Crippen LogP contribution in [0.3, 0.4) is 0 Å². The van der Waals surface area contributed by atoms with Crippen LogP contribution in [-0.2, 0) is 0 Å². The van der Waals surface area contributed by atoms with Gasteiger partial charge in [-0.05, 0) is 0 Å². The van der Waals surface area contributed by atoms with E-state index in [9.17, 15) is 0 Å². The number of rotatable bonds is 1. The molecule has 8 heavy (non-hydrogen) atoms. The molecule has 0 aliphatic rings. The van der Waals surface area contributed by atoms with Crippen LogP contribution < -0.4 is 4.74 Å². The summed E-state index contributed by atoms with van der Waals surface area (Å²) in [6, 6.07) is 5.93. The van der Waals surface area contributed by atoms with Gasteiger partial charge < -0.3 is 4.74 Å². The molecule has 0 aromatic heterocycles. The minimum absolute atomic E-state index is 0.964. The van der Waals surface area contributed by atoms with E-state index < -0.39 is 0 Å². The largest absolute Gasteiger partial charge is 0.522 e. The normalized spacial score (nSPS) is 9.25. The van der Waals surface area contributed by atoms with Gasteiger partial charge in [-0.25, -0.2) is 6.07 Å². The average molecular weight is 221 g/mol. The Morgan fingerprint density at radius 1 is 1.75 bits per heavy atom. The molecule has 1 rings (SSSR count). The van der Waals surface area contributed by atoms with Crippen molar-refractivity contribution in [2.45, 2.75) is 0 Å². The number of halogens is 1. The third-order valence-electron chi connectivity index (χ3n) is 0.945. The first-order valence-electron chi connectivity index (χ1n) is 2.30. The van der Waals surface area contributed by atoms with E-state index in [4.69, 9.17) is 4.74 Å². The van der Waals surface area contributed by atoms with Crippen LogP contribution in [0.5, 0.6) is 5.75 Å². The van der Waals surface area contributed by atoms with Crippen molar-refractivity contribution >= 4 is 22.6 Å². The van der Waals surface area contributed by atoms with E-state index in [1.807, 2.05) is 18.2 Å². The van der Waals surface area contributed by atoms with Gasteiger partial charge in [-0.1, -0.05) is 3.57 Å². The highest BCUT2D eigenvalue weighted by atomic mass is 127. The predicted octanol–water partition coefficient (Wildman–Crippen LogP) is 2.02. The lowest BCUT2D eigenvalue weighted by atomic mass is 10.6. The van der Waals surface area contributed by atoms with E-state index in [1.165, 1.54) is 3.57 Å². The maximum atomic E-state index is 4.98. The van der Waals surface area contributed by atoms with E-state index in [0.717, 1.165) is 5.75 Å². The molecule has 0 aliphatic carbocycles. The topological polar surface area (TPSA) is 9.23 Å². The van der Waals surface area contributed by atoms with Crippen molar-refractivity contribution in [1.29, 1.82) is 0 Å². The van der Waals surface area contributed by atoms with Crippen molar-refractivity contribution in [1.82, 2.24) is 0 Å². The molecule has 1 aromatic rings. The van der Waals surface area contributed by atoms with Crippen molar-refractivity contribution in [3.63, 3.8) is 0 Å². The van der Waals surface area contributed by atoms with Gasteiger partial charge in [0, 0.05) is 5.75 Å². The summed E-state index contributed by atoms with van der Waals surface area (Å²) in [5.41, 5.74) is 0. The second-order valence-corrected chi connectivity index (χ2v) is 2.60. The van der Waals surface area contributed by atoms with Gasteiger partial charge in [0.25, 0.3) is 0 Å². The highest BCUT2D eigenvalue weighted by Crippen LogP contribution is 2.19. The third kappa shape index (κ3) is 0.992. The van der Waals surface area contributed by atoms with Gasteiger partial charge in [0.15, 0.2) is 0 Å². The zero-order valence-electron chi connectivity index (χ0n) is 4.52. The fourth-order valence-electron chi connectivity index (χ4n) is 0.547. The van der Waals surface area contributed by atoms with Gasteiger partial charge in [0.2, 0.25) is 0 Å². The zero-order chi connectivity index (χ0) is 5.98. The quantitative estimate of drug-likeness (QED) is 0.520. The molecule has 0 spiro atoms. The molecule has 1 aromatic carbocycles. The molecule has 0 amide bonds. The SMILES string of the molecule is COc1ccc[c-]1I.